The van der Waals surface area contributed by atoms with Crippen molar-refractivity contribution in [1.82, 2.24) is 0 Å². The van der Waals surface area contributed by atoms with E-state index < -0.39 is 12.8 Å². The van der Waals surface area contributed by atoms with E-state index in [2.05, 4.69) is 4.74 Å². The van der Waals surface area contributed by atoms with Crippen LogP contribution in [0, 0.1) is 12.1 Å². The van der Waals surface area contributed by atoms with Gasteiger partial charge in [-0.1, -0.05) is 0 Å². The molecule has 114 valence electrons. The zero-order valence-electron chi connectivity index (χ0n) is 11.0. The first-order chi connectivity index (χ1) is 9.38. The molecular formula is C12H16F3NO4. The summed E-state index contributed by atoms with van der Waals surface area (Å²) in [5.41, 5.74) is 0.691. The molecule has 0 aliphatic rings. The van der Waals surface area contributed by atoms with Gasteiger partial charge in [0.1, 0.15) is 19.0 Å². The van der Waals surface area contributed by atoms with Crippen LogP contribution in [0.15, 0.2) is 18.5 Å². The van der Waals surface area contributed by atoms with Gasteiger partial charge >= 0.3 is 6.18 Å². The quantitative estimate of drug-likeness (QED) is 0.415. The lowest BCUT2D eigenvalue weighted by Gasteiger charge is -2.10. The first-order valence-electron chi connectivity index (χ1n) is 5.93. The third kappa shape index (κ3) is 7.15. The van der Waals surface area contributed by atoms with Crippen LogP contribution in [0.4, 0.5) is 13.2 Å². The van der Waals surface area contributed by atoms with E-state index in [0.717, 1.165) is 0 Å². The van der Waals surface area contributed by atoms with Gasteiger partial charge in [-0.25, -0.2) is 0 Å². The van der Waals surface area contributed by atoms with Crippen LogP contribution in [0.2, 0.25) is 0 Å². The first-order valence-corrected chi connectivity index (χ1v) is 5.93. The number of pyridine rings is 1. The fraction of sp³-hybridized carbons (Fsp3) is 0.583. The number of rotatable bonds is 8. The molecule has 5 nitrogen and oxygen atoms in total. The van der Waals surface area contributed by atoms with Crippen LogP contribution in [-0.4, -0.2) is 39.2 Å². The van der Waals surface area contributed by atoms with E-state index >= 15 is 0 Å². The number of alkyl halides is 3. The Balaban J connectivity index is 2.05. The highest BCUT2D eigenvalue weighted by atomic mass is 19.4. The Bertz CT molecular complexity index is 412. The van der Waals surface area contributed by atoms with Crippen LogP contribution < -0.4 is 9.47 Å². The van der Waals surface area contributed by atoms with E-state index in [9.17, 15) is 18.4 Å². The van der Waals surface area contributed by atoms with Crippen LogP contribution in [-0.2, 0) is 9.47 Å². The van der Waals surface area contributed by atoms with Gasteiger partial charge in [-0.15, -0.1) is 0 Å². The standard InChI is InChI=1S/C12H16F3NO4/c1-10-8-16(17)3-2-11(10)20-7-6-18-4-5-19-9-12(13,14)15/h2-3,8H,4-7,9H2,1H3. The summed E-state index contributed by atoms with van der Waals surface area (Å²) in [4.78, 5) is 0. The fourth-order valence-corrected chi connectivity index (χ4v) is 1.35. The molecule has 0 atom stereocenters. The molecule has 0 saturated carbocycles. The van der Waals surface area contributed by atoms with Crippen LogP contribution >= 0.6 is 0 Å². The Morgan fingerprint density at radius 1 is 1.15 bits per heavy atom. The first kappa shape index (κ1) is 16.5. The average Bonchev–Trinajstić information content (AvgIpc) is 2.33. The highest BCUT2D eigenvalue weighted by Crippen LogP contribution is 2.14. The number of ether oxygens (including phenoxy) is 3. The van der Waals surface area contributed by atoms with Crippen molar-refractivity contribution in [3.8, 4) is 5.75 Å². The molecule has 1 aromatic heterocycles. The summed E-state index contributed by atoms with van der Waals surface area (Å²) in [5, 5.41) is 10.9. The monoisotopic (exact) mass is 295 g/mol. The zero-order chi connectivity index (χ0) is 15.0. The van der Waals surface area contributed by atoms with Gasteiger partial charge in [-0.3, -0.25) is 0 Å². The second-order valence-corrected chi connectivity index (χ2v) is 3.98. The predicted octanol–water partition coefficient (Wildman–Crippen LogP) is 1.60. The smallest absolute Gasteiger partial charge is 0.411 e. The van der Waals surface area contributed by atoms with Crippen LogP contribution in [0.25, 0.3) is 0 Å². The third-order valence-electron chi connectivity index (χ3n) is 2.21. The lowest BCUT2D eigenvalue weighted by molar-refractivity contribution is -0.605. The molecule has 0 spiro atoms. The molecule has 0 N–H and O–H groups in total. The Hall–Kier alpha value is -1.54. The second kappa shape index (κ2) is 7.91. The molecule has 0 unspecified atom stereocenters. The maximum atomic E-state index is 11.7. The van der Waals surface area contributed by atoms with Gasteiger partial charge in [0.2, 0.25) is 0 Å². The highest BCUT2D eigenvalue weighted by molar-refractivity contribution is 5.26. The fourth-order valence-electron chi connectivity index (χ4n) is 1.35. The van der Waals surface area contributed by atoms with Gasteiger partial charge in [-0.2, -0.15) is 17.9 Å². The number of halogens is 3. The Kier molecular flexibility index (Phi) is 6.53. The number of nitrogens with zero attached hydrogens (tertiary/aromatic N) is 1. The Morgan fingerprint density at radius 3 is 2.45 bits per heavy atom. The van der Waals surface area contributed by atoms with Gasteiger partial charge in [0.15, 0.2) is 12.4 Å². The molecule has 0 amide bonds. The summed E-state index contributed by atoms with van der Waals surface area (Å²) in [5.74, 6) is 0.564. The van der Waals surface area contributed by atoms with Crippen molar-refractivity contribution < 1.29 is 32.1 Å². The van der Waals surface area contributed by atoms with E-state index in [1.54, 1.807) is 6.92 Å². The van der Waals surface area contributed by atoms with Gasteiger partial charge in [-0.05, 0) is 6.92 Å². The number of hydrogen-bond acceptors (Lipinski definition) is 4. The summed E-state index contributed by atoms with van der Waals surface area (Å²) in [6, 6.07) is 1.54. The van der Waals surface area contributed by atoms with Crippen molar-refractivity contribution in [2.24, 2.45) is 0 Å². The summed E-state index contributed by atoms with van der Waals surface area (Å²) >= 11 is 0. The molecule has 20 heavy (non-hydrogen) atoms. The molecule has 0 fully saturated rings. The van der Waals surface area contributed by atoms with Crippen molar-refractivity contribution in [3.63, 3.8) is 0 Å². The summed E-state index contributed by atoms with van der Waals surface area (Å²) in [7, 11) is 0. The molecule has 0 bridgehead atoms. The molecule has 0 aliphatic heterocycles. The molecule has 8 heteroatoms. The average molecular weight is 295 g/mol. The number of aromatic nitrogens is 1. The molecule has 1 rings (SSSR count). The lowest BCUT2D eigenvalue weighted by Crippen LogP contribution is -2.25. The van der Waals surface area contributed by atoms with E-state index in [-0.39, 0.29) is 26.4 Å². The van der Waals surface area contributed by atoms with Gasteiger partial charge < -0.3 is 19.4 Å². The van der Waals surface area contributed by atoms with Crippen LogP contribution in [0.5, 0.6) is 5.75 Å². The minimum atomic E-state index is -4.31. The Labute approximate surface area is 114 Å². The number of aryl methyl sites for hydroxylation is 1. The van der Waals surface area contributed by atoms with Crippen molar-refractivity contribution >= 4 is 0 Å². The highest BCUT2D eigenvalue weighted by Gasteiger charge is 2.27. The van der Waals surface area contributed by atoms with Gasteiger partial charge in [0.05, 0.1) is 25.4 Å². The molecule has 0 radical (unpaired) electrons. The lowest BCUT2D eigenvalue weighted by atomic mass is 10.3. The van der Waals surface area contributed by atoms with E-state index in [1.807, 2.05) is 0 Å². The van der Waals surface area contributed by atoms with E-state index in [4.69, 9.17) is 9.47 Å². The van der Waals surface area contributed by atoms with E-state index in [1.165, 1.54) is 18.5 Å². The third-order valence-corrected chi connectivity index (χ3v) is 2.21. The normalized spacial score (nSPS) is 11.6. The number of hydrogen-bond donors (Lipinski definition) is 0. The summed E-state index contributed by atoms with van der Waals surface area (Å²) in [6.45, 7) is 0.860. The van der Waals surface area contributed by atoms with Crippen molar-refractivity contribution in [1.29, 1.82) is 0 Å². The maximum absolute atomic E-state index is 11.7. The van der Waals surface area contributed by atoms with Crippen LogP contribution in [0.1, 0.15) is 5.56 Å². The van der Waals surface area contributed by atoms with Crippen molar-refractivity contribution in [2.45, 2.75) is 13.1 Å². The topological polar surface area (TPSA) is 54.6 Å². The SMILES string of the molecule is Cc1c[n+]([O-])ccc1OCCOCCOCC(F)(F)F. The van der Waals surface area contributed by atoms with Gasteiger partial charge in [0, 0.05) is 6.07 Å². The molecular weight excluding hydrogens is 279 g/mol. The molecule has 1 heterocycles. The minimum Gasteiger partial charge on any atom is -0.619 e. The summed E-state index contributed by atoms with van der Waals surface area (Å²) < 4.78 is 50.6. The Morgan fingerprint density at radius 2 is 1.80 bits per heavy atom. The van der Waals surface area contributed by atoms with Gasteiger partial charge in [0.25, 0.3) is 0 Å². The molecule has 0 aliphatic carbocycles. The van der Waals surface area contributed by atoms with E-state index in [0.29, 0.717) is 16.0 Å². The molecule has 0 saturated heterocycles. The van der Waals surface area contributed by atoms with Crippen molar-refractivity contribution in [3.05, 3.63) is 29.2 Å². The zero-order valence-corrected chi connectivity index (χ0v) is 11.0. The minimum absolute atomic E-state index is 0.0633. The summed E-state index contributed by atoms with van der Waals surface area (Å²) in [6.07, 6.45) is -1.62. The van der Waals surface area contributed by atoms with Crippen molar-refractivity contribution in [2.75, 3.05) is 33.0 Å². The van der Waals surface area contributed by atoms with Crippen LogP contribution in [0.3, 0.4) is 0 Å². The predicted molar refractivity (Wildman–Crippen MR) is 63.3 cm³/mol. The largest absolute Gasteiger partial charge is 0.619 e. The second-order valence-electron chi connectivity index (χ2n) is 3.98. The molecule has 0 aromatic carbocycles. The maximum Gasteiger partial charge on any atom is 0.411 e. The molecule has 1 aromatic rings.